The van der Waals surface area contributed by atoms with Crippen molar-refractivity contribution in [2.45, 2.75) is 46.7 Å². The van der Waals surface area contributed by atoms with Gasteiger partial charge < -0.3 is 15.0 Å². The summed E-state index contributed by atoms with van der Waals surface area (Å²) in [4.78, 5) is 28.7. The van der Waals surface area contributed by atoms with E-state index in [1.54, 1.807) is 17.0 Å². The molecule has 0 spiro atoms. The van der Waals surface area contributed by atoms with E-state index in [1.807, 2.05) is 82.3 Å². The van der Waals surface area contributed by atoms with Gasteiger partial charge in [0, 0.05) is 29.6 Å². The monoisotopic (exact) mass is 540 g/mol. The van der Waals surface area contributed by atoms with Crippen LogP contribution in [0.2, 0.25) is 10.0 Å². The summed E-state index contributed by atoms with van der Waals surface area (Å²) in [7, 11) is 0. The lowest BCUT2D eigenvalue weighted by Crippen LogP contribution is -2.52. The van der Waals surface area contributed by atoms with Crippen LogP contribution in [0.3, 0.4) is 0 Å². The Morgan fingerprint density at radius 2 is 1.54 bits per heavy atom. The van der Waals surface area contributed by atoms with Gasteiger partial charge in [0.1, 0.15) is 11.8 Å². The molecule has 0 radical (unpaired) electrons. The van der Waals surface area contributed by atoms with Crippen LogP contribution in [-0.2, 0) is 22.6 Å². The Hall–Kier alpha value is -3.02. The zero-order chi connectivity index (χ0) is 26.9. The summed E-state index contributed by atoms with van der Waals surface area (Å²) in [5.41, 5.74) is 3.57. The Balaban J connectivity index is 1.91. The standard InChI is InChI=1S/C30H34Cl2N2O3/c1-20(2)17-33-30(36)27(16-23-8-6-5-7-9-23)34(18-24-10-12-25(31)13-11-24)28(35)19-37-26-14-21(3)29(32)22(4)15-26/h5-15,20,27H,16-19H2,1-4H3,(H,33,36)/t27-/m1/s1. The smallest absolute Gasteiger partial charge is 0.261 e. The van der Waals surface area contributed by atoms with Gasteiger partial charge in [-0.1, -0.05) is 79.5 Å². The zero-order valence-electron chi connectivity index (χ0n) is 21.8. The third kappa shape index (κ3) is 8.51. The molecule has 37 heavy (non-hydrogen) atoms. The third-order valence-corrected chi connectivity index (χ3v) is 6.84. The van der Waals surface area contributed by atoms with Crippen molar-refractivity contribution < 1.29 is 14.3 Å². The minimum atomic E-state index is -0.721. The van der Waals surface area contributed by atoms with Crippen LogP contribution in [0.4, 0.5) is 0 Å². The van der Waals surface area contributed by atoms with E-state index in [-0.39, 0.29) is 30.9 Å². The molecular formula is C30H34Cl2N2O3. The predicted molar refractivity (Wildman–Crippen MR) is 150 cm³/mol. The molecule has 7 heteroatoms. The molecule has 5 nitrogen and oxygen atoms in total. The first-order chi connectivity index (χ1) is 17.6. The van der Waals surface area contributed by atoms with E-state index < -0.39 is 6.04 Å². The fourth-order valence-electron chi connectivity index (χ4n) is 3.98. The van der Waals surface area contributed by atoms with Crippen molar-refractivity contribution in [3.05, 3.63) is 99.0 Å². The molecule has 0 saturated carbocycles. The molecule has 0 heterocycles. The van der Waals surface area contributed by atoms with Crippen molar-refractivity contribution >= 4 is 35.0 Å². The van der Waals surface area contributed by atoms with E-state index in [9.17, 15) is 9.59 Å². The van der Waals surface area contributed by atoms with E-state index in [2.05, 4.69) is 5.32 Å². The largest absolute Gasteiger partial charge is 0.484 e. The summed E-state index contributed by atoms with van der Waals surface area (Å²) in [6.07, 6.45) is 0.378. The van der Waals surface area contributed by atoms with E-state index in [0.717, 1.165) is 22.3 Å². The molecule has 1 N–H and O–H groups in total. The molecular weight excluding hydrogens is 507 g/mol. The van der Waals surface area contributed by atoms with Crippen LogP contribution in [0, 0.1) is 19.8 Å². The van der Waals surface area contributed by atoms with Gasteiger partial charge in [-0.05, 0) is 66.3 Å². The quantitative estimate of drug-likeness (QED) is 0.306. The van der Waals surface area contributed by atoms with Gasteiger partial charge in [0.15, 0.2) is 6.61 Å². The molecule has 3 aromatic carbocycles. The molecule has 0 bridgehead atoms. The van der Waals surface area contributed by atoms with Gasteiger partial charge in [-0.15, -0.1) is 0 Å². The summed E-state index contributed by atoms with van der Waals surface area (Å²) in [5.74, 6) is 0.350. The van der Waals surface area contributed by atoms with Crippen molar-refractivity contribution in [3.8, 4) is 5.75 Å². The maximum atomic E-state index is 13.7. The van der Waals surface area contributed by atoms with Gasteiger partial charge in [-0.25, -0.2) is 0 Å². The Kier molecular flexibility index (Phi) is 10.4. The topological polar surface area (TPSA) is 58.6 Å². The first-order valence-electron chi connectivity index (χ1n) is 12.4. The van der Waals surface area contributed by atoms with Gasteiger partial charge in [-0.3, -0.25) is 9.59 Å². The summed E-state index contributed by atoms with van der Waals surface area (Å²) < 4.78 is 5.90. The van der Waals surface area contributed by atoms with Crippen LogP contribution >= 0.6 is 23.2 Å². The zero-order valence-corrected chi connectivity index (χ0v) is 23.3. The van der Waals surface area contributed by atoms with E-state index >= 15 is 0 Å². The number of carbonyl (C=O) groups excluding carboxylic acids is 2. The lowest BCUT2D eigenvalue weighted by molar-refractivity contribution is -0.142. The molecule has 0 fully saturated rings. The first kappa shape index (κ1) is 28.5. The molecule has 0 aliphatic carbocycles. The number of aryl methyl sites for hydroxylation is 2. The molecule has 196 valence electrons. The molecule has 1 atom stereocenters. The van der Waals surface area contributed by atoms with Crippen molar-refractivity contribution in [2.75, 3.05) is 13.2 Å². The van der Waals surface area contributed by atoms with Crippen molar-refractivity contribution in [1.29, 1.82) is 0 Å². The van der Waals surface area contributed by atoms with Crippen LogP contribution in [0.25, 0.3) is 0 Å². The third-order valence-electron chi connectivity index (χ3n) is 5.99. The second-order valence-electron chi connectivity index (χ2n) is 9.65. The minimum absolute atomic E-state index is 0.196. The summed E-state index contributed by atoms with van der Waals surface area (Å²) in [6, 6.07) is 19.9. The SMILES string of the molecule is Cc1cc(OCC(=O)N(Cc2ccc(Cl)cc2)[C@H](Cc2ccccc2)C(=O)NCC(C)C)cc(C)c1Cl. The number of nitrogens with zero attached hydrogens (tertiary/aromatic N) is 1. The summed E-state index contributed by atoms with van der Waals surface area (Å²) >= 11 is 12.4. The van der Waals surface area contributed by atoms with Gasteiger partial charge in [-0.2, -0.15) is 0 Å². The van der Waals surface area contributed by atoms with E-state index in [1.165, 1.54) is 0 Å². The van der Waals surface area contributed by atoms with Gasteiger partial charge in [0.05, 0.1) is 0 Å². The maximum absolute atomic E-state index is 13.7. The van der Waals surface area contributed by atoms with E-state index in [4.69, 9.17) is 27.9 Å². The predicted octanol–water partition coefficient (Wildman–Crippen LogP) is 6.40. The molecule has 2 amide bonds. The van der Waals surface area contributed by atoms with Gasteiger partial charge in [0.25, 0.3) is 5.91 Å². The number of nitrogens with one attached hydrogen (secondary N) is 1. The first-order valence-corrected chi connectivity index (χ1v) is 13.1. The molecule has 0 saturated heterocycles. The molecule has 0 unspecified atom stereocenters. The molecule has 0 aliphatic rings. The Bertz CT molecular complexity index is 1170. The fourth-order valence-corrected chi connectivity index (χ4v) is 4.22. The fraction of sp³-hybridized carbons (Fsp3) is 0.333. The minimum Gasteiger partial charge on any atom is -0.484 e. The number of amides is 2. The highest BCUT2D eigenvalue weighted by Gasteiger charge is 2.30. The lowest BCUT2D eigenvalue weighted by atomic mass is 10.0. The Labute approximate surface area is 229 Å². The number of ether oxygens (including phenoxy) is 1. The molecule has 0 aliphatic heterocycles. The average molecular weight is 542 g/mol. The second-order valence-corrected chi connectivity index (χ2v) is 10.5. The molecule has 3 aromatic rings. The number of rotatable bonds is 11. The van der Waals surface area contributed by atoms with Crippen LogP contribution in [0.5, 0.6) is 5.75 Å². The number of halogens is 2. The Morgan fingerprint density at radius 3 is 2.14 bits per heavy atom. The maximum Gasteiger partial charge on any atom is 0.261 e. The summed E-state index contributed by atoms with van der Waals surface area (Å²) in [5, 5.41) is 4.30. The number of benzene rings is 3. The second kappa shape index (κ2) is 13.5. The van der Waals surface area contributed by atoms with Crippen molar-refractivity contribution in [1.82, 2.24) is 10.2 Å². The highest BCUT2D eigenvalue weighted by molar-refractivity contribution is 6.32. The molecule has 3 rings (SSSR count). The highest BCUT2D eigenvalue weighted by Crippen LogP contribution is 2.26. The molecule has 0 aromatic heterocycles. The number of hydrogen-bond acceptors (Lipinski definition) is 3. The highest BCUT2D eigenvalue weighted by atomic mass is 35.5. The van der Waals surface area contributed by atoms with Crippen LogP contribution < -0.4 is 10.1 Å². The van der Waals surface area contributed by atoms with Crippen LogP contribution in [0.15, 0.2) is 66.7 Å². The lowest BCUT2D eigenvalue weighted by Gasteiger charge is -2.31. The summed E-state index contributed by atoms with van der Waals surface area (Å²) in [6.45, 7) is 8.41. The number of carbonyl (C=O) groups is 2. The van der Waals surface area contributed by atoms with Crippen molar-refractivity contribution in [3.63, 3.8) is 0 Å². The van der Waals surface area contributed by atoms with Crippen LogP contribution in [-0.4, -0.2) is 35.9 Å². The van der Waals surface area contributed by atoms with Crippen molar-refractivity contribution in [2.24, 2.45) is 5.92 Å². The number of hydrogen-bond donors (Lipinski definition) is 1. The average Bonchev–Trinajstić information content (AvgIpc) is 2.88. The van der Waals surface area contributed by atoms with Gasteiger partial charge >= 0.3 is 0 Å². The van der Waals surface area contributed by atoms with E-state index in [0.29, 0.717) is 28.8 Å². The normalized spacial score (nSPS) is 11.8. The van der Waals surface area contributed by atoms with Gasteiger partial charge in [0.2, 0.25) is 5.91 Å². The van der Waals surface area contributed by atoms with Crippen LogP contribution in [0.1, 0.15) is 36.1 Å². The Morgan fingerprint density at radius 1 is 0.919 bits per heavy atom.